The maximum Gasteiger partial charge on any atom is 0.338 e. The highest BCUT2D eigenvalue weighted by Gasteiger charge is 2.33. The average molecular weight is 474 g/mol. The Kier molecular flexibility index (Phi) is 7.45. The lowest BCUT2D eigenvalue weighted by molar-refractivity contribution is -0.135. The molecular weight excluding hydrogens is 446 g/mol. The van der Waals surface area contributed by atoms with Crippen LogP contribution in [0, 0.1) is 0 Å². The second-order valence-corrected chi connectivity index (χ2v) is 8.37. The SMILES string of the molecule is COc1ccc(CN(C(=O)COC(=O)c2ccc(-c3ccc(OC(C)=O)cc3)cc2)C2CC2)cc1. The van der Waals surface area contributed by atoms with E-state index in [1.165, 1.54) is 6.92 Å². The lowest BCUT2D eigenvalue weighted by Crippen LogP contribution is -2.36. The van der Waals surface area contributed by atoms with Crippen molar-refractivity contribution in [3.05, 3.63) is 83.9 Å². The topological polar surface area (TPSA) is 82.1 Å². The van der Waals surface area contributed by atoms with E-state index in [0.717, 1.165) is 35.3 Å². The minimum atomic E-state index is -0.546. The molecule has 1 saturated carbocycles. The molecule has 0 atom stereocenters. The summed E-state index contributed by atoms with van der Waals surface area (Å²) in [5.74, 6) is 0.104. The van der Waals surface area contributed by atoms with Crippen molar-refractivity contribution in [1.29, 1.82) is 0 Å². The van der Waals surface area contributed by atoms with Gasteiger partial charge >= 0.3 is 11.9 Å². The largest absolute Gasteiger partial charge is 0.497 e. The summed E-state index contributed by atoms with van der Waals surface area (Å²) >= 11 is 0. The summed E-state index contributed by atoms with van der Waals surface area (Å²) in [6, 6.07) is 21.8. The Morgan fingerprint density at radius 3 is 1.94 bits per heavy atom. The predicted molar refractivity (Wildman–Crippen MR) is 130 cm³/mol. The van der Waals surface area contributed by atoms with Gasteiger partial charge in [0.05, 0.1) is 12.7 Å². The number of benzene rings is 3. The molecule has 1 aliphatic carbocycles. The Morgan fingerprint density at radius 1 is 0.829 bits per heavy atom. The van der Waals surface area contributed by atoms with Gasteiger partial charge in [-0.3, -0.25) is 9.59 Å². The summed E-state index contributed by atoms with van der Waals surface area (Å²) in [5, 5.41) is 0. The maximum absolute atomic E-state index is 12.8. The van der Waals surface area contributed by atoms with Crippen LogP contribution in [0.5, 0.6) is 11.5 Å². The van der Waals surface area contributed by atoms with Gasteiger partial charge < -0.3 is 19.1 Å². The van der Waals surface area contributed by atoms with Crippen LogP contribution in [0.2, 0.25) is 0 Å². The van der Waals surface area contributed by atoms with Crippen molar-refractivity contribution < 1.29 is 28.6 Å². The smallest absolute Gasteiger partial charge is 0.338 e. The van der Waals surface area contributed by atoms with E-state index in [9.17, 15) is 14.4 Å². The molecule has 7 nitrogen and oxygen atoms in total. The van der Waals surface area contributed by atoms with Crippen LogP contribution in [0.4, 0.5) is 0 Å². The number of ether oxygens (including phenoxy) is 3. The second kappa shape index (κ2) is 10.9. The minimum Gasteiger partial charge on any atom is -0.497 e. The number of rotatable bonds is 9. The first-order chi connectivity index (χ1) is 16.9. The molecule has 0 bridgehead atoms. The Morgan fingerprint density at radius 2 is 1.40 bits per heavy atom. The van der Waals surface area contributed by atoms with E-state index in [4.69, 9.17) is 14.2 Å². The lowest BCUT2D eigenvalue weighted by Gasteiger charge is -2.22. The molecule has 0 unspecified atom stereocenters. The average Bonchev–Trinajstić information content (AvgIpc) is 3.71. The molecule has 0 N–H and O–H groups in total. The molecule has 0 radical (unpaired) electrons. The summed E-state index contributed by atoms with van der Waals surface area (Å²) < 4.78 is 15.6. The normalized spacial score (nSPS) is 12.5. The fourth-order valence-corrected chi connectivity index (χ4v) is 3.71. The van der Waals surface area contributed by atoms with Crippen molar-refractivity contribution in [3.8, 4) is 22.6 Å². The van der Waals surface area contributed by atoms with E-state index in [2.05, 4.69) is 0 Å². The Balaban J connectivity index is 1.33. The first kappa shape index (κ1) is 24.0. The number of hydrogen-bond acceptors (Lipinski definition) is 6. The van der Waals surface area contributed by atoms with Gasteiger partial charge in [-0.2, -0.15) is 0 Å². The zero-order valence-electron chi connectivity index (χ0n) is 19.7. The van der Waals surface area contributed by atoms with Crippen molar-refractivity contribution in [1.82, 2.24) is 4.90 Å². The molecule has 35 heavy (non-hydrogen) atoms. The fourth-order valence-electron chi connectivity index (χ4n) is 3.71. The summed E-state index contributed by atoms with van der Waals surface area (Å²) in [4.78, 5) is 38.2. The molecule has 3 aromatic rings. The summed E-state index contributed by atoms with van der Waals surface area (Å²) in [5.41, 5.74) is 3.17. The first-order valence-corrected chi connectivity index (χ1v) is 11.4. The van der Waals surface area contributed by atoms with Gasteiger partial charge in [-0.25, -0.2) is 4.79 Å². The summed E-state index contributed by atoms with van der Waals surface area (Å²) in [6.45, 7) is 1.52. The molecule has 0 aromatic heterocycles. The highest BCUT2D eigenvalue weighted by atomic mass is 16.5. The number of methoxy groups -OCH3 is 1. The van der Waals surface area contributed by atoms with Crippen molar-refractivity contribution >= 4 is 17.8 Å². The molecule has 1 aliphatic rings. The molecule has 0 aliphatic heterocycles. The van der Waals surface area contributed by atoms with Gasteiger partial charge in [0.1, 0.15) is 11.5 Å². The van der Waals surface area contributed by atoms with E-state index in [1.807, 2.05) is 36.4 Å². The highest BCUT2D eigenvalue weighted by molar-refractivity contribution is 5.92. The van der Waals surface area contributed by atoms with Crippen LogP contribution < -0.4 is 9.47 Å². The van der Waals surface area contributed by atoms with E-state index >= 15 is 0 Å². The van der Waals surface area contributed by atoms with Gasteiger partial charge in [0.2, 0.25) is 0 Å². The Bertz CT molecular complexity index is 1180. The van der Waals surface area contributed by atoms with Gasteiger partial charge in [0.15, 0.2) is 6.61 Å². The van der Waals surface area contributed by atoms with E-state index in [1.54, 1.807) is 48.4 Å². The van der Waals surface area contributed by atoms with Gasteiger partial charge in [0, 0.05) is 19.5 Å². The molecular formula is C28H27NO6. The Labute approximate surface area is 204 Å². The zero-order chi connectivity index (χ0) is 24.8. The molecule has 180 valence electrons. The molecule has 4 rings (SSSR count). The van der Waals surface area contributed by atoms with Crippen molar-refractivity contribution in [2.24, 2.45) is 0 Å². The number of carbonyl (C=O) groups is 3. The third kappa shape index (κ3) is 6.47. The molecule has 7 heteroatoms. The van der Waals surface area contributed by atoms with Crippen LogP contribution in [0.3, 0.4) is 0 Å². The molecule has 1 amide bonds. The monoisotopic (exact) mass is 473 g/mol. The summed E-state index contributed by atoms with van der Waals surface area (Å²) in [7, 11) is 1.61. The number of esters is 2. The van der Waals surface area contributed by atoms with Gasteiger partial charge in [0.25, 0.3) is 5.91 Å². The first-order valence-electron chi connectivity index (χ1n) is 11.4. The van der Waals surface area contributed by atoms with Gasteiger partial charge in [-0.05, 0) is 65.9 Å². The number of hydrogen-bond donors (Lipinski definition) is 0. The molecule has 3 aromatic carbocycles. The van der Waals surface area contributed by atoms with Gasteiger partial charge in [-0.1, -0.05) is 36.4 Å². The number of amides is 1. The number of nitrogens with zero attached hydrogens (tertiary/aromatic N) is 1. The summed E-state index contributed by atoms with van der Waals surface area (Å²) in [6.07, 6.45) is 1.91. The van der Waals surface area contributed by atoms with Crippen LogP contribution in [0.25, 0.3) is 11.1 Å². The van der Waals surface area contributed by atoms with Crippen LogP contribution in [0.15, 0.2) is 72.8 Å². The van der Waals surface area contributed by atoms with Crippen molar-refractivity contribution in [3.63, 3.8) is 0 Å². The van der Waals surface area contributed by atoms with Crippen molar-refractivity contribution in [2.75, 3.05) is 13.7 Å². The molecule has 0 spiro atoms. The molecule has 0 saturated heterocycles. The zero-order valence-corrected chi connectivity index (χ0v) is 19.7. The minimum absolute atomic E-state index is 0.190. The third-order valence-electron chi connectivity index (χ3n) is 5.72. The molecule has 1 fully saturated rings. The number of carbonyl (C=O) groups excluding carboxylic acids is 3. The van der Waals surface area contributed by atoms with E-state index in [-0.39, 0.29) is 24.5 Å². The standard InChI is InChI=1S/C28H27NO6/c1-19(30)35-26-15-9-22(10-16-26)21-5-7-23(8-6-21)28(32)34-18-27(31)29(24-11-12-24)17-20-3-13-25(33-2)14-4-20/h3-10,13-16,24H,11-12,17-18H2,1-2H3. The van der Waals surface area contributed by atoms with Crippen LogP contribution in [-0.4, -0.2) is 42.5 Å². The van der Waals surface area contributed by atoms with Gasteiger partial charge in [-0.15, -0.1) is 0 Å². The third-order valence-corrected chi connectivity index (χ3v) is 5.72. The van der Waals surface area contributed by atoms with Crippen molar-refractivity contribution in [2.45, 2.75) is 32.4 Å². The fraction of sp³-hybridized carbons (Fsp3) is 0.250. The van der Waals surface area contributed by atoms with Crippen LogP contribution in [-0.2, 0) is 20.9 Å². The Hall–Kier alpha value is -4.13. The van der Waals surface area contributed by atoms with E-state index in [0.29, 0.717) is 17.9 Å². The lowest BCUT2D eigenvalue weighted by atomic mass is 10.0. The quantitative estimate of drug-likeness (QED) is 0.333. The molecule has 0 heterocycles. The maximum atomic E-state index is 12.8. The van der Waals surface area contributed by atoms with E-state index < -0.39 is 5.97 Å². The van der Waals surface area contributed by atoms with Crippen LogP contribution >= 0.6 is 0 Å². The predicted octanol–water partition coefficient (Wildman–Crippen LogP) is 4.64. The highest BCUT2D eigenvalue weighted by Crippen LogP contribution is 2.29. The second-order valence-electron chi connectivity index (χ2n) is 8.37. The van der Waals surface area contributed by atoms with Crippen LogP contribution in [0.1, 0.15) is 35.7 Å².